The maximum atomic E-state index is 14.5. The predicted molar refractivity (Wildman–Crippen MR) is 134 cm³/mol. The van der Waals surface area contributed by atoms with E-state index in [0.717, 1.165) is 19.2 Å². The third kappa shape index (κ3) is 4.88. The molecule has 0 unspecified atom stereocenters. The summed E-state index contributed by atoms with van der Waals surface area (Å²) in [5.41, 5.74) is 11.5. The number of benzene rings is 1. The molecule has 0 radical (unpaired) electrons. The number of imidazole rings is 1. The van der Waals surface area contributed by atoms with E-state index in [1.54, 1.807) is 15.5 Å². The van der Waals surface area contributed by atoms with Crippen molar-refractivity contribution in [3.05, 3.63) is 54.6 Å². The largest absolute Gasteiger partial charge is 0.491 e. The van der Waals surface area contributed by atoms with Gasteiger partial charge in [0.2, 0.25) is 5.88 Å². The normalized spacial score (nSPS) is 18.5. The van der Waals surface area contributed by atoms with E-state index in [9.17, 15) is 22.7 Å². The molecule has 0 aliphatic carbocycles. The van der Waals surface area contributed by atoms with Crippen LogP contribution >= 0.6 is 0 Å². The molecule has 39 heavy (non-hydrogen) atoms. The molecule has 4 aromatic rings. The van der Waals surface area contributed by atoms with E-state index in [4.69, 9.17) is 20.9 Å². The Morgan fingerprint density at radius 1 is 1.10 bits per heavy atom. The molecule has 5 rings (SSSR count). The molecule has 5 N–H and O–H groups in total. The number of pyridine rings is 1. The van der Waals surface area contributed by atoms with Gasteiger partial charge >= 0.3 is 0 Å². The summed E-state index contributed by atoms with van der Waals surface area (Å²) >= 11 is 0. The summed E-state index contributed by atoms with van der Waals surface area (Å²) in [6.07, 6.45) is 1.36. The first-order valence-electron chi connectivity index (χ1n) is 11.9. The maximum absolute atomic E-state index is 14.5. The minimum absolute atomic E-state index is 0.105. The number of rotatable bonds is 7. The van der Waals surface area contributed by atoms with Crippen LogP contribution in [0.25, 0.3) is 16.9 Å². The number of hydrogen-bond acceptors (Lipinski definition) is 9. The van der Waals surface area contributed by atoms with Crippen molar-refractivity contribution in [1.29, 1.82) is 0 Å². The number of nitrogens with two attached hydrogens (primary N) is 2. The Labute approximate surface area is 219 Å². The van der Waals surface area contributed by atoms with Crippen molar-refractivity contribution < 1.29 is 32.1 Å². The van der Waals surface area contributed by atoms with Crippen molar-refractivity contribution in [3.63, 3.8) is 0 Å². The molecule has 1 aliphatic rings. The third-order valence-electron chi connectivity index (χ3n) is 6.70. The van der Waals surface area contributed by atoms with Crippen LogP contribution in [0.2, 0.25) is 0 Å². The minimum atomic E-state index is -3.02. The van der Waals surface area contributed by atoms with E-state index in [0.29, 0.717) is 24.3 Å². The molecule has 1 fully saturated rings. The molecular weight excluding hydrogens is 522 g/mol. The second-order valence-corrected chi connectivity index (χ2v) is 9.25. The van der Waals surface area contributed by atoms with E-state index in [1.807, 2.05) is 0 Å². The van der Waals surface area contributed by atoms with Gasteiger partial charge in [-0.3, -0.25) is 9.38 Å². The number of hydrogen-bond donors (Lipinski definition) is 3. The van der Waals surface area contributed by atoms with Crippen LogP contribution in [0.4, 0.5) is 29.1 Å². The van der Waals surface area contributed by atoms with Gasteiger partial charge < -0.3 is 30.9 Å². The van der Waals surface area contributed by atoms with Gasteiger partial charge in [0.25, 0.3) is 6.43 Å². The van der Waals surface area contributed by atoms with Crippen LogP contribution in [0.1, 0.15) is 12.8 Å². The van der Waals surface area contributed by atoms with Crippen molar-refractivity contribution >= 4 is 17.2 Å². The lowest BCUT2D eigenvalue weighted by Gasteiger charge is -2.43. The molecule has 0 spiro atoms. The molecular formula is C25H25F4N7O3. The molecule has 1 saturated heterocycles. The third-order valence-corrected chi connectivity index (χ3v) is 6.70. The van der Waals surface area contributed by atoms with Crippen molar-refractivity contribution in [3.8, 4) is 28.6 Å². The molecule has 1 aromatic carbocycles. The number of anilines is 2. The molecule has 206 valence electrons. The summed E-state index contributed by atoms with van der Waals surface area (Å²) in [5, 5.41) is 10.1. The first-order chi connectivity index (χ1) is 18.6. The van der Waals surface area contributed by atoms with E-state index in [1.165, 1.54) is 24.7 Å². The Morgan fingerprint density at radius 2 is 1.85 bits per heavy atom. The van der Waals surface area contributed by atoms with Crippen molar-refractivity contribution in [2.24, 2.45) is 5.73 Å². The van der Waals surface area contributed by atoms with E-state index in [2.05, 4.69) is 15.0 Å². The Hall–Kier alpha value is -4.17. The van der Waals surface area contributed by atoms with Crippen molar-refractivity contribution in [2.45, 2.75) is 30.9 Å². The number of methoxy groups -OCH3 is 1. The highest BCUT2D eigenvalue weighted by Crippen LogP contribution is 2.39. The topological polar surface area (TPSA) is 137 Å². The second-order valence-electron chi connectivity index (χ2n) is 9.25. The molecule has 0 saturated carbocycles. The molecule has 3 aromatic heterocycles. The number of ether oxygens (including phenoxy) is 2. The van der Waals surface area contributed by atoms with Gasteiger partial charge in [-0.15, -0.1) is 0 Å². The Kier molecular flexibility index (Phi) is 6.91. The fraction of sp³-hybridized carbons (Fsp3) is 0.320. The maximum Gasteiger partial charge on any atom is 0.265 e. The predicted octanol–water partition coefficient (Wildman–Crippen LogP) is 3.38. The second kappa shape index (κ2) is 10.2. The number of alkyl halides is 2. The lowest BCUT2D eigenvalue weighted by Crippen LogP contribution is -2.63. The van der Waals surface area contributed by atoms with Crippen LogP contribution < -0.4 is 25.8 Å². The molecule has 0 amide bonds. The molecule has 1 aliphatic heterocycles. The Bertz CT molecular complexity index is 1500. The number of fused-ring (bicyclic) bond motifs is 1. The summed E-state index contributed by atoms with van der Waals surface area (Å²) in [4.78, 5) is 14.2. The SMILES string of the molecule is COc1c(F)cc(-c2cc(Oc3cnc4c(N)nccn34)c(N3CCC[C@](N)([C@H](O)C(F)F)C3)cn2)cc1F. The number of aromatic nitrogens is 4. The number of piperidine rings is 1. The monoisotopic (exact) mass is 547 g/mol. The van der Waals surface area contributed by atoms with Crippen LogP contribution in [0.15, 0.2) is 43.0 Å². The highest BCUT2D eigenvalue weighted by molar-refractivity contribution is 5.69. The lowest BCUT2D eigenvalue weighted by atomic mass is 9.84. The summed E-state index contributed by atoms with van der Waals surface area (Å²) in [6.45, 7) is 0.286. The highest BCUT2D eigenvalue weighted by Gasteiger charge is 2.43. The number of aliphatic hydroxyl groups is 1. The summed E-state index contributed by atoms with van der Waals surface area (Å²) in [5.74, 6) is -1.81. The number of nitrogen functional groups attached to an aromatic ring is 1. The quantitative estimate of drug-likeness (QED) is 0.298. The molecule has 0 bridgehead atoms. The van der Waals surface area contributed by atoms with Gasteiger partial charge in [0.15, 0.2) is 34.6 Å². The molecule has 2 atom stereocenters. The number of halogens is 4. The molecule has 14 heteroatoms. The Morgan fingerprint density at radius 3 is 2.54 bits per heavy atom. The summed E-state index contributed by atoms with van der Waals surface area (Å²) in [7, 11) is 1.15. The van der Waals surface area contributed by atoms with Gasteiger partial charge in [-0.25, -0.2) is 27.5 Å². The van der Waals surface area contributed by atoms with E-state index < -0.39 is 35.5 Å². The fourth-order valence-electron chi connectivity index (χ4n) is 4.72. The zero-order chi connectivity index (χ0) is 27.9. The molecule has 4 heterocycles. The summed E-state index contributed by atoms with van der Waals surface area (Å²) in [6, 6.07) is 3.59. The van der Waals surface area contributed by atoms with Crippen LogP contribution in [0.3, 0.4) is 0 Å². The minimum Gasteiger partial charge on any atom is -0.491 e. The van der Waals surface area contributed by atoms with Crippen molar-refractivity contribution in [1.82, 2.24) is 19.4 Å². The van der Waals surface area contributed by atoms with Crippen molar-refractivity contribution in [2.75, 3.05) is 30.8 Å². The van der Waals surface area contributed by atoms with E-state index >= 15 is 0 Å². The fourth-order valence-corrected chi connectivity index (χ4v) is 4.72. The van der Waals surface area contributed by atoms with Gasteiger partial charge in [-0.05, 0) is 25.0 Å². The zero-order valence-corrected chi connectivity index (χ0v) is 20.7. The average Bonchev–Trinajstić information content (AvgIpc) is 3.32. The lowest BCUT2D eigenvalue weighted by molar-refractivity contribution is -0.0529. The van der Waals surface area contributed by atoms with Crippen LogP contribution in [0, 0.1) is 11.6 Å². The number of nitrogens with zero attached hydrogens (tertiary/aromatic N) is 5. The van der Waals surface area contributed by atoms with Crippen LogP contribution in [-0.2, 0) is 0 Å². The Balaban J connectivity index is 1.59. The first-order valence-corrected chi connectivity index (χ1v) is 11.9. The smallest absolute Gasteiger partial charge is 0.265 e. The molecule has 10 nitrogen and oxygen atoms in total. The zero-order valence-electron chi connectivity index (χ0n) is 20.7. The summed E-state index contributed by atoms with van der Waals surface area (Å²) < 4.78 is 68.1. The van der Waals surface area contributed by atoms with Gasteiger partial charge in [0.1, 0.15) is 6.10 Å². The number of aliphatic hydroxyl groups excluding tert-OH is 1. The van der Waals surface area contributed by atoms with E-state index in [-0.39, 0.29) is 41.7 Å². The van der Waals surface area contributed by atoms with Gasteiger partial charge in [-0.2, -0.15) is 0 Å². The van der Waals surface area contributed by atoms with Crippen LogP contribution in [0.5, 0.6) is 17.4 Å². The van der Waals surface area contributed by atoms with Gasteiger partial charge in [0.05, 0.1) is 36.4 Å². The highest BCUT2D eigenvalue weighted by atomic mass is 19.3. The van der Waals surface area contributed by atoms with Gasteiger partial charge in [-0.1, -0.05) is 0 Å². The first kappa shape index (κ1) is 26.4. The standard InChI is InChI=1S/C25H25F4N7O3/c1-38-20-14(26)7-13(8-15(20)27)16-9-18(39-19-11-34-24-23(30)32-4-6-36(19)24)17(10-33-16)35-5-2-3-25(31,12-35)21(37)22(28)29/h4,6-11,21-22,37H,2-3,5,12,31H2,1H3,(H2,30,32)/t21-,25-/m1/s1. The van der Waals surface area contributed by atoms with Crippen LogP contribution in [-0.4, -0.2) is 62.7 Å². The average molecular weight is 548 g/mol. The van der Waals surface area contributed by atoms with Gasteiger partial charge in [0, 0.05) is 37.1 Å².